The molecule has 0 saturated heterocycles. The summed E-state index contributed by atoms with van der Waals surface area (Å²) in [6.45, 7) is 2.53. The second-order valence-electron chi connectivity index (χ2n) is 4.23. The maximum Gasteiger partial charge on any atom is 0.573 e. The number of hydrogen-bond donors (Lipinski definition) is 1. The van der Waals surface area contributed by atoms with Crippen LogP contribution in [0.5, 0.6) is 5.75 Å². The molecule has 0 unspecified atom stereocenters. The summed E-state index contributed by atoms with van der Waals surface area (Å²) in [5.74, 6) is -0.236. The van der Waals surface area contributed by atoms with Crippen LogP contribution in [0, 0.1) is 6.92 Å². The van der Waals surface area contributed by atoms with Crippen LogP contribution in [0.25, 0.3) is 0 Å². The molecule has 0 radical (unpaired) electrons. The van der Waals surface area contributed by atoms with Gasteiger partial charge in [0.25, 0.3) is 0 Å². The monoisotopic (exact) mass is 282 g/mol. The summed E-state index contributed by atoms with van der Waals surface area (Å²) in [7, 11) is 0. The fourth-order valence-corrected chi connectivity index (χ4v) is 1.65. The van der Waals surface area contributed by atoms with Crippen LogP contribution in [-0.2, 0) is 6.54 Å². The van der Waals surface area contributed by atoms with Gasteiger partial charge in [0.05, 0.1) is 0 Å². The smallest absolute Gasteiger partial charge is 0.406 e. The van der Waals surface area contributed by atoms with Crippen LogP contribution >= 0.6 is 0 Å². The van der Waals surface area contributed by atoms with Crippen LogP contribution in [0.15, 0.2) is 42.7 Å². The lowest BCUT2D eigenvalue weighted by atomic mass is 10.1. The fourth-order valence-electron chi connectivity index (χ4n) is 1.65. The third-order valence-corrected chi connectivity index (χ3v) is 2.72. The number of nitrogens with zero attached hydrogens (tertiary/aromatic N) is 1. The highest BCUT2D eigenvalue weighted by atomic mass is 19.4. The molecule has 0 spiro atoms. The van der Waals surface area contributed by atoms with Gasteiger partial charge in [-0.1, -0.05) is 0 Å². The summed E-state index contributed by atoms with van der Waals surface area (Å²) in [5, 5.41) is 3.12. The third kappa shape index (κ3) is 4.15. The van der Waals surface area contributed by atoms with Crippen LogP contribution in [0.4, 0.5) is 18.9 Å². The first-order valence-electron chi connectivity index (χ1n) is 5.93. The molecule has 0 bridgehead atoms. The molecular weight excluding hydrogens is 269 g/mol. The summed E-state index contributed by atoms with van der Waals surface area (Å²) in [4.78, 5) is 4.03. The summed E-state index contributed by atoms with van der Waals surface area (Å²) < 4.78 is 39.8. The highest BCUT2D eigenvalue weighted by Crippen LogP contribution is 2.24. The van der Waals surface area contributed by atoms with Crippen molar-refractivity contribution in [3.8, 4) is 5.75 Å². The van der Waals surface area contributed by atoms with Crippen LogP contribution in [-0.4, -0.2) is 11.3 Å². The predicted molar refractivity (Wildman–Crippen MR) is 69.4 cm³/mol. The molecule has 0 aliphatic carbocycles. The van der Waals surface area contributed by atoms with Gasteiger partial charge in [-0.15, -0.1) is 13.2 Å². The number of alkyl halides is 3. The Balaban J connectivity index is 1.96. The SMILES string of the molecule is Cc1ccncc1CNc1ccc(OC(F)(F)F)cc1. The van der Waals surface area contributed by atoms with Gasteiger partial charge >= 0.3 is 6.36 Å². The molecule has 0 aliphatic rings. The Morgan fingerprint density at radius 1 is 1.15 bits per heavy atom. The molecule has 1 aromatic heterocycles. The molecule has 6 heteroatoms. The Hall–Kier alpha value is -2.24. The van der Waals surface area contributed by atoms with Gasteiger partial charge in [0.15, 0.2) is 0 Å². The van der Waals surface area contributed by atoms with E-state index in [0.29, 0.717) is 12.2 Å². The minimum atomic E-state index is -4.66. The molecule has 3 nitrogen and oxygen atoms in total. The second kappa shape index (κ2) is 5.81. The summed E-state index contributed by atoms with van der Waals surface area (Å²) in [6.07, 6.45) is -1.20. The summed E-state index contributed by atoms with van der Waals surface area (Å²) >= 11 is 0. The van der Waals surface area contributed by atoms with E-state index in [0.717, 1.165) is 11.1 Å². The Kier molecular flexibility index (Phi) is 4.12. The van der Waals surface area contributed by atoms with Crippen LogP contribution in [0.2, 0.25) is 0 Å². The Labute approximate surface area is 114 Å². The van der Waals surface area contributed by atoms with Crippen molar-refractivity contribution in [2.45, 2.75) is 19.8 Å². The van der Waals surface area contributed by atoms with E-state index in [1.165, 1.54) is 24.3 Å². The number of anilines is 1. The zero-order valence-electron chi connectivity index (χ0n) is 10.7. The van der Waals surface area contributed by atoms with Gasteiger partial charge in [0.1, 0.15) is 5.75 Å². The number of rotatable bonds is 4. The van der Waals surface area contributed by atoms with Gasteiger partial charge in [-0.05, 0) is 48.4 Å². The maximum absolute atomic E-state index is 12.0. The zero-order valence-corrected chi connectivity index (χ0v) is 10.7. The van der Waals surface area contributed by atoms with E-state index in [4.69, 9.17) is 0 Å². The first-order chi connectivity index (χ1) is 9.44. The molecule has 106 valence electrons. The highest BCUT2D eigenvalue weighted by molar-refractivity contribution is 5.47. The van der Waals surface area contributed by atoms with Crippen LogP contribution in [0.3, 0.4) is 0 Å². The van der Waals surface area contributed by atoms with Crippen molar-refractivity contribution in [2.24, 2.45) is 0 Å². The van der Waals surface area contributed by atoms with Crippen molar-refractivity contribution in [1.29, 1.82) is 0 Å². The summed E-state index contributed by atoms with van der Waals surface area (Å²) in [5.41, 5.74) is 2.84. The van der Waals surface area contributed by atoms with Crippen molar-refractivity contribution in [3.05, 3.63) is 53.9 Å². The van der Waals surface area contributed by atoms with Gasteiger partial charge in [-0.2, -0.15) is 0 Å². The Morgan fingerprint density at radius 2 is 1.85 bits per heavy atom. The maximum atomic E-state index is 12.0. The van der Waals surface area contributed by atoms with E-state index in [1.807, 2.05) is 13.0 Å². The Bertz CT molecular complexity index is 567. The van der Waals surface area contributed by atoms with E-state index < -0.39 is 6.36 Å². The molecule has 1 aromatic carbocycles. The number of aromatic nitrogens is 1. The number of benzene rings is 1. The van der Waals surface area contributed by atoms with Gasteiger partial charge in [-0.25, -0.2) is 0 Å². The first-order valence-corrected chi connectivity index (χ1v) is 5.93. The molecule has 0 fully saturated rings. The average Bonchev–Trinajstić information content (AvgIpc) is 2.38. The number of nitrogens with one attached hydrogen (secondary N) is 1. The normalized spacial score (nSPS) is 11.2. The molecule has 1 N–H and O–H groups in total. The van der Waals surface area contributed by atoms with Gasteiger partial charge in [0, 0.05) is 24.6 Å². The van der Waals surface area contributed by atoms with Crippen LogP contribution < -0.4 is 10.1 Å². The van der Waals surface area contributed by atoms with Gasteiger partial charge < -0.3 is 10.1 Å². The largest absolute Gasteiger partial charge is 0.573 e. The third-order valence-electron chi connectivity index (χ3n) is 2.72. The quantitative estimate of drug-likeness (QED) is 0.923. The van der Waals surface area contributed by atoms with E-state index in [1.54, 1.807) is 12.4 Å². The highest BCUT2D eigenvalue weighted by Gasteiger charge is 2.30. The molecule has 0 aliphatic heterocycles. The molecule has 0 atom stereocenters. The lowest BCUT2D eigenvalue weighted by Gasteiger charge is -2.11. The van der Waals surface area contributed by atoms with Crippen molar-refractivity contribution >= 4 is 5.69 Å². The first kappa shape index (κ1) is 14.2. The lowest BCUT2D eigenvalue weighted by molar-refractivity contribution is -0.274. The standard InChI is InChI=1S/C14H13F3N2O/c1-10-6-7-18-8-11(10)9-19-12-2-4-13(5-3-12)20-14(15,16)17/h2-8,19H,9H2,1H3. The number of aryl methyl sites for hydroxylation is 1. The Morgan fingerprint density at radius 3 is 2.45 bits per heavy atom. The number of halogens is 3. The molecule has 2 aromatic rings. The molecule has 0 saturated carbocycles. The summed E-state index contributed by atoms with van der Waals surface area (Å²) in [6, 6.07) is 7.51. The molecule has 0 amide bonds. The minimum Gasteiger partial charge on any atom is -0.406 e. The molecular formula is C14H13F3N2O. The zero-order chi connectivity index (χ0) is 14.6. The topological polar surface area (TPSA) is 34.2 Å². The van der Waals surface area contributed by atoms with E-state index in [9.17, 15) is 13.2 Å². The second-order valence-corrected chi connectivity index (χ2v) is 4.23. The average molecular weight is 282 g/mol. The van der Waals surface area contributed by atoms with E-state index >= 15 is 0 Å². The molecule has 1 heterocycles. The van der Waals surface area contributed by atoms with Crippen molar-refractivity contribution in [1.82, 2.24) is 4.98 Å². The number of pyridine rings is 1. The van der Waals surface area contributed by atoms with Gasteiger partial charge in [0.2, 0.25) is 0 Å². The van der Waals surface area contributed by atoms with Crippen molar-refractivity contribution in [3.63, 3.8) is 0 Å². The molecule has 20 heavy (non-hydrogen) atoms. The molecule has 2 rings (SSSR count). The fraction of sp³-hybridized carbons (Fsp3) is 0.214. The van der Waals surface area contributed by atoms with E-state index in [-0.39, 0.29) is 5.75 Å². The predicted octanol–water partition coefficient (Wildman–Crippen LogP) is 3.90. The van der Waals surface area contributed by atoms with Gasteiger partial charge in [-0.3, -0.25) is 4.98 Å². The number of ether oxygens (including phenoxy) is 1. The minimum absolute atomic E-state index is 0.236. The van der Waals surface area contributed by atoms with Crippen molar-refractivity contribution < 1.29 is 17.9 Å². The van der Waals surface area contributed by atoms with Crippen LogP contribution in [0.1, 0.15) is 11.1 Å². The van der Waals surface area contributed by atoms with Crippen molar-refractivity contribution in [2.75, 3.05) is 5.32 Å². The van der Waals surface area contributed by atoms with E-state index in [2.05, 4.69) is 15.0 Å². The lowest BCUT2D eigenvalue weighted by Crippen LogP contribution is -2.17. The number of hydrogen-bond acceptors (Lipinski definition) is 3.